The van der Waals surface area contributed by atoms with Crippen molar-refractivity contribution in [1.29, 1.82) is 0 Å². The van der Waals surface area contributed by atoms with Crippen LogP contribution in [0.4, 0.5) is 24.5 Å². The van der Waals surface area contributed by atoms with Crippen LogP contribution in [0, 0.1) is 30.3 Å². The van der Waals surface area contributed by atoms with Gasteiger partial charge in [-0.15, -0.1) is 0 Å². The molecule has 3 aromatic rings. The number of nitrogens with zero attached hydrogens (tertiary/aromatic N) is 3. The predicted molar refractivity (Wildman–Crippen MR) is 147 cm³/mol. The Morgan fingerprint density at radius 1 is 1.03 bits per heavy atom. The first-order valence-corrected chi connectivity index (χ1v) is 13.0. The molecular weight excluding hydrogens is 475 g/mol. The lowest BCUT2D eigenvalue weighted by atomic mass is 9.96. The SMILES string of the molecule is CC.CCC.Cc1cc(F)c(-c2nc(CNc3cnccc3N3CC(C)CC(N)C3)ccc2F)c(F)c1. The summed E-state index contributed by atoms with van der Waals surface area (Å²) in [5.41, 5.74) is 8.01. The highest BCUT2D eigenvalue weighted by Crippen LogP contribution is 2.30. The van der Waals surface area contributed by atoms with Crippen molar-refractivity contribution in [2.75, 3.05) is 23.3 Å². The van der Waals surface area contributed by atoms with Gasteiger partial charge in [-0.1, -0.05) is 41.0 Å². The Balaban J connectivity index is 0.000000898. The fourth-order valence-electron chi connectivity index (χ4n) is 4.26. The number of nitrogens with one attached hydrogen (secondary N) is 1. The van der Waals surface area contributed by atoms with E-state index in [1.165, 1.54) is 18.6 Å². The molecule has 4 rings (SSSR count). The van der Waals surface area contributed by atoms with Crippen LogP contribution in [0.15, 0.2) is 42.7 Å². The molecule has 0 aliphatic carbocycles. The van der Waals surface area contributed by atoms with Crippen LogP contribution < -0.4 is 16.0 Å². The van der Waals surface area contributed by atoms with E-state index in [4.69, 9.17) is 5.73 Å². The van der Waals surface area contributed by atoms with E-state index in [0.29, 0.717) is 17.2 Å². The average molecular weight is 516 g/mol. The van der Waals surface area contributed by atoms with Crippen molar-refractivity contribution < 1.29 is 13.2 Å². The highest BCUT2D eigenvalue weighted by atomic mass is 19.1. The molecule has 8 heteroatoms. The molecule has 1 aliphatic rings. The van der Waals surface area contributed by atoms with Crippen molar-refractivity contribution in [3.8, 4) is 11.3 Å². The quantitative estimate of drug-likeness (QED) is 0.379. The lowest BCUT2D eigenvalue weighted by Crippen LogP contribution is -2.46. The van der Waals surface area contributed by atoms with Crippen LogP contribution in [0.25, 0.3) is 11.3 Å². The third kappa shape index (κ3) is 8.18. The molecule has 0 bridgehead atoms. The molecule has 3 N–H and O–H groups in total. The predicted octanol–water partition coefficient (Wildman–Crippen LogP) is 7.10. The third-order valence-corrected chi connectivity index (χ3v) is 5.62. The minimum absolute atomic E-state index is 0.0976. The van der Waals surface area contributed by atoms with Crippen molar-refractivity contribution in [3.05, 3.63) is 71.4 Å². The Hall–Kier alpha value is -3.13. The first kappa shape index (κ1) is 30.1. The molecule has 0 spiro atoms. The molecule has 202 valence electrons. The fourth-order valence-corrected chi connectivity index (χ4v) is 4.26. The molecule has 0 saturated carbocycles. The highest BCUT2D eigenvalue weighted by molar-refractivity contribution is 5.69. The molecule has 5 nitrogen and oxygen atoms in total. The van der Waals surface area contributed by atoms with E-state index >= 15 is 0 Å². The van der Waals surface area contributed by atoms with Crippen LogP contribution in [0.1, 0.15) is 58.7 Å². The number of halogens is 3. The van der Waals surface area contributed by atoms with Gasteiger partial charge in [0.25, 0.3) is 0 Å². The zero-order chi connectivity index (χ0) is 27.5. The van der Waals surface area contributed by atoms with E-state index in [9.17, 15) is 13.2 Å². The van der Waals surface area contributed by atoms with Gasteiger partial charge in [-0.05, 0) is 55.2 Å². The van der Waals surface area contributed by atoms with Crippen molar-refractivity contribution in [2.24, 2.45) is 11.7 Å². The molecule has 1 aromatic carbocycles. The maximum absolute atomic E-state index is 14.4. The van der Waals surface area contributed by atoms with E-state index < -0.39 is 23.0 Å². The van der Waals surface area contributed by atoms with E-state index in [1.807, 2.05) is 19.9 Å². The van der Waals surface area contributed by atoms with Gasteiger partial charge in [-0.2, -0.15) is 0 Å². The number of aryl methyl sites for hydroxylation is 1. The van der Waals surface area contributed by atoms with Crippen LogP contribution in [-0.2, 0) is 6.54 Å². The van der Waals surface area contributed by atoms with Gasteiger partial charge >= 0.3 is 0 Å². The fraction of sp³-hybridized carbons (Fsp3) is 0.448. The second-order valence-corrected chi connectivity index (χ2v) is 9.20. The van der Waals surface area contributed by atoms with Gasteiger partial charge in [0.2, 0.25) is 0 Å². The van der Waals surface area contributed by atoms with Crippen LogP contribution in [0.2, 0.25) is 0 Å². The third-order valence-electron chi connectivity index (χ3n) is 5.62. The Kier molecular flexibility index (Phi) is 11.9. The highest BCUT2D eigenvalue weighted by Gasteiger charge is 2.24. The maximum Gasteiger partial charge on any atom is 0.149 e. The Bertz CT molecular complexity index is 1110. The van der Waals surface area contributed by atoms with E-state index in [2.05, 4.69) is 41.0 Å². The van der Waals surface area contributed by atoms with Crippen LogP contribution >= 0.6 is 0 Å². The van der Waals surface area contributed by atoms with Crippen molar-refractivity contribution in [3.63, 3.8) is 0 Å². The van der Waals surface area contributed by atoms with Crippen molar-refractivity contribution in [2.45, 2.75) is 67.0 Å². The van der Waals surface area contributed by atoms with Gasteiger partial charge in [0.1, 0.15) is 23.1 Å². The summed E-state index contributed by atoms with van der Waals surface area (Å²) in [6, 6.07) is 7.01. The number of anilines is 2. The largest absolute Gasteiger partial charge is 0.376 e. The number of hydrogen-bond acceptors (Lipinski definition) is 5. The lowest BCUT2D eigenvalue weighted by Gasteiger charge is -2.37. The molecule has 2 aromatic heterocycles. The Labute approximate surface area is 219 Å². The standard InChI is InChI=1S/C24H26F3N5.C3H8.C2H6/c1-14-8-19(26)23(20(27)9-14)24-18(25)4-3-17(31-24)10-30-21-11-29-6-5-22(21)32-12-15(2)7-16(28)13-32;1-3-2;1-2/h3-6,8-9,11,15-16,30H,7,10,12-13,28H2,1-2H3;3H2,1-2H3;1-2H3. The molecule has 2 unspecified atom stereocenters. The summed E-state index contributed by atoms with van der Waals surface area (Å²) in [6.07, 6.45) is 5.67. The zero-order valence-electron chi connectivity index (χ0n) is 22.8. The number of benzene rings is 1. The van der Waals surface area contributed by atoms with Gasteiger partial charge < -0.3 is 16.0 Å². The minimum atomic E-state index is -0.843. The lowest BCUT2D eigenvalue weighted by molar-refractivity contribution is 0.402. The van der Waals surface area contributed by atoms with Gasteiger partial charge in [0, 0.05) is 25.3 Å². The van der Waals surface area contributed by atoms with Crippen molar-refractivity contribution in [1.82, 2.24) is 9.97 Å². The molecule has 37 heavy (non-hydrogen) atoms. The zero-order valence-corrected chi connectivity index (χ0v) is 22.8. The number of pyridine rings is 2. The molecular formula is C29H40F3N5. The van der Waals surface area contributed by atoms with E-state index in [-0.39, 0.29) is 18.3 Å². The smallest absolute Gasteiger partial charge is 0.149 e. The Morgan fingerprint density at radius 2 is 1.68 bits per heavy atom. The number of rotatable bonds is 5. The molecule has 2 atom stereocenters. The van der Waals surface area contributed by atoms with Crippen LogP contribution in [0.5, 0.6) is 0 Å². The summed E-state index contributed by atoms with van der Waals surface area (Å²) in [5, 5.41) is 3.28. The molecule has 1 saturated heterocycles. The Morgan fingerprint density at radius 3 is 2.30 bits per heavy atom. The summed E-state index contributed by atoms with van der Waals surface area (Å²) in [6.45, 7) is 13.9. The average Bonchev–Trinajstić information content (AvgIpc) is 2.85. The van der Waals surface area contributed by atoms with Gasteiger partial charge in [-0.25, -0.2) is 18.2 Å². The molecule has 0 radical (unpaired) electrons. The van der Waals surface area contributed by atoms with Crippen molar-refractivity contribution >= 4 is 11.4 Å². The second-order valence-electron chi connectivity index (χ2n) is 9.20. The summed E-state index contributed by atoms with van der Waals surface area (Å²) < 4.78 is 43.2. The van der Waals surface area contributed by atoms with Gasteiger partial charge in [0.05, 0.1) is 35.4 Å². The van der Waals surface area contributed by atoms with Crippen LogP contribution in [-0.4, -0.2) is 29.1 Å². The second kappa shape index (κ2) is 14.6. The number of nitrogens with two attached hydrogens (primary N) is 1. The van der Waals surface area contributed by atoms with Crippen LogP contribution in [0.3, 0.4) is 0 Å². The maximum atomic E-state index is 14.4. The molecule has 1 fully saturated rings. The number of hydrogen-bond donors (Lipinski definition) is 2. The summed E-state index contributed by atoms with van der Waals surface area (Å²) in [5.74, 6) is -2.00. The molecule has 1 aliphatic heterocycles. The number of piperidine rings is 1. The molecule has 0 amide bonds. The summed E-state index contributed by atoms with van der Waals surface area (Å²) >= 11 is 0. The van der Waals surface area contributed by atoms with Gasteiger partial charge in [-0.3, -0.25) is 4.98 Å². The minimum Gasteiger partial charge on any atom is -0.376 e. The van der Waals surface area contributed by atoms with Gasteiger partial charge in [0.15, 0.2) is 0 Å². The topological polar surface area (TPSA) is 67.1 Å². The van der Waals surface area contributed by atoms with E-state index in [0.717, 1.165) is 43.0 Å². The monoisotopic (exact) mass is 515 g/mol. The normalized spacial score (nSPS) is 16.8. The first-order valence-electron chi connectivity index (χ1n) is 13.0. The summed E-state index contributed by atoms with van der Waals surface area (Å²) in [4.78, 5) is 10.6. The van der Waals surface area contributed by atoms with E-state index in [1.54, 1.807) is 19.3 Å². The number of aromatic nitrogens is 2. The summed E-state index contributed by atoms with van der Waals surface area (Å²) in [7, 11) is 0. The first-order chi connectivity index (χ1) is 17.7. The molecule has 3 heterocycles.